The summed E-state index contributed by atoms with van der Waals surface area (Å²) in [6, 6.07) is 5.82. The van der Waals surface area contributed by atoms with Crippen molar-refractivity contribution in [2.75, 3.05) is 24.6 Å². The molecule has 1 saturated heterocycles. The number of aliphatic hydroxyl groups is 1. The zero-order chi connectivity index (χ0) is 13.1. The Morgan fingerprint density at radius 3 is 3.00 bits per heavy atom. The van der Waals surface area contributed by atoms with Gasteiger partial charge in [0.25, 0.3) is 0 Å². The quantitative estimate of drug-likeness (QED) is 0.873. The first-order valence-electron chi connectivity index (χ1n) is 6.28. The van der Waals surface area contributed by atoms with Crippen LogP contribution in [0.25, 0.3) is 0 Å². The smallest absolute Gasteiger partial charge is 0.161 e. The molecule has 1 N–H and O–H groups in total. The number of hydrogen-bond acceptors (Lipinski definition) is 3. The molecule has 1 aliphatic heterocycles. The summed E-state index contributed by atoms with van der Waals surface area (Å²) >= 11 is 3.40. The molecule has 3 nitrogen and oxygen atoms in total. The van der Waals surface area contributed by atoms with Crippen LogP contribution in [0.2, 0.25) is 0 Å². The van der Waals surface area contributed by atoms with Gasteiger partial charge in [-0.3, -0.25) is 4.79 Å². The summed E-state index contributed by atoms with van der Waals surface area (Å²) in [5, 5.41) is 9.28. The van der Waals surface area contributed by atoms with Gasteiger partial charge in [0.1, 0.15) is 0 Å². The number of ketones is 1. The molecule has 0 aliphatic carbocycles. The van der Waals surface area contributed by atoms with E-state index in [0.717, 1.165) is 41.7 Å². The van der Waals surface area contributed by atoms with E-state index in [-0.39, 0.29) is 12.4 Å². The third-order valence-corrected chi connectivity index (χ3v) is 3.95. The second kappa shape index (κ2) is 5.85. The Morgan fingerprint density at radius 2 is 2.33 bits per heavy atom. The maximum absolute atomic E-state index is 11.7. The fourth-order valence-corrected chi connectivity index (χ4v) is 2.86. The zero-order valence-electron chi connectivity index (χ0n) is 10.5. The fraction of sp³-hybridized carbons (Fsp3) is 0.500. The lowest BCUT2D eigenvalue weighted by Gasteiger charge is -2.34. The maximum Gasteiger partial charge on any atom is 0.161 e. The van der Waals surface area contributed by atoms with Gasteiger partial charge >= 0.3 is 0 Å². The van der Waals surface area contributed by atoms with E-state index in [9.17, 15) is 9.90 Å². The first-order chi connectivity index (χ1) is 8.61. The Labute approximate surface area is 116 Å². The molecule has 4 heteroatoms. The topological polar surface area (TPSA) is 40.5 Å². The van der Waals surface area contributed by atoms with Gasteiger partial charge in [0.15, 0.2) is 5.78 Å². The van der Waals surface area contributed by atoms with Crippen LogP contribution in [0, 0.1) is 5.92 Å². The molecular weight excluding hydrogens is 294 g/mol. The van der Waals surface area contributed by atoms with Crippen molar-refractivity contribution >= 4 is 27.4 Å². The second-order valence-electron chi connectivity index (χ2n) is 4.85. The van der Waals surface area contributed by atoms with Crippen molar-refractivity contribution < 1.29 is 9.90 Å². The molecule has 0 bridgehead atoms. The molecule has 18 heavy (non-hydrogen) atoms. The summed E-state index contributed by atoms with van der Waals surface area (Å²) in [7, 11) is 0. The number of carbonyl (C=O) groups is 1. The lowest BCUT2D eigenvalue weighted by atomic mass is 9.97. The van der Waals surface area contributed by atoms with Gasteiger partial charge in [-0.25, -0.2) is 0 Å². The summed E-state index contributed by atoms with van der Waals surface area (Å²) in [6.07, 6.45) is 2.14. The highest BCUT2D eigenvalue weighted by atomic mass is 79.9. The largest absolute Gasteiger partial charge is 0.396 e. The lowest BCUT2D eigenvalue weighted by molar-refractivity contribution is 0.101. The molecule has 1 aromatic carbocycles. The van der Waals surface area contributed by atoms with Crippen molar-refractivity contribution in [1.29, 1.82) is 0 Å². The van der Waals surface area contributed by atoms with E-state index in [2.05, 4.69) is 20.8 Å². The SMILES string of the molecule is CC(=O)c1cc(Br)ccc1N1CCCC(CO)C1. The number of benzene rings is 1. The summed E-state index contributed by atoms with van der Waals surface area (Å²) in [4.78, 5) is 13.9. The molecule has 0 saturated carbocycles. The predicted octanol–water partition coefficient (Wildman–Crippen LogP) is 2.86. The number of carbonyl (C=O) groups excluding carboxylic acids is 1. The minimum atomic E-state index is 0.0809. The van der Waals surface area contributed by atoms with Crippen LogP contribution in [0.3, 0.4) is 0 Å². The molecule has 1 unspecified atom stereocenters. The first kappa shape index (κ1) is 13.6. The average molecular weight is 312 g/mol. The molecular formula is C14H18BrNO2. The number of hydrogen-bond donors (Lipinski definition) is 1. The van der Waals surface area contributed by atoms with Crippen LogP contribution in [-0.2, 0) is 0 Å². The fourth-order valence-electron chi connectivity index (χ4n) is 2.50. The monoisotopic (exact) mass is 311 g/mol. The van der Waals surface area contributed by atoms with Crippen molar-refractivity contribution in [2.45, 2.75) is 19.8 Å². The van der Waals surface area contributed by atoms with Crippen LogP contribution in [0.1, 0.15) is 30.1 Å². The molecule has 1 aromatic rings. The summed E-state index contributed by atoms with van der Waals surface area (Å²) in [5.74, 6) is 0.402. The minimum absolute atomic E-state index is 0.0809. The van der Waals surface area contributed by atoms with Gasteiger partial charge in [0.05, 0.1) is 0 Å². The van der Waals surface area contributed by atoms with E-state index in [1.54, 1.807) is 6.92 Å². The number of halogens is 1. The van der Waals surface area contributed by atoms with Crippen molar-refractivity contribution in [3.05, 3.63) is 28.2 Å². The molecule has 1 atom stereocenters. The van der Waals surface area contributed by atoms with Crippen LogP contribution < -0.4 is 4.90 Å². The minimum Gasteiger partial charge on any atom is -0.396 e. The number of anilines is 1. The van der Waals surface area contributed by atoms with E-state index in [0.29, 0.717) is 5.92 Å². The van der Waals surface area contributed by atoms with Crippen LogP contribution in [0.5, 0.6) is 0 Å². The van der Waals surface area contributed by atoms with E-state index in [1.807, 2.05) is 18.2 Å². The van der Waals surface area contributed by atoms with Gasteiger partial charge in [-0.2, -0.15) is 0 Å². The van der Waals surface area contributed by atoms with Gasteiger partial charge in [0.2, 0.25) is 0 Å². The highest BCUT2D eigenvalue weighted by molar-refractivity contribution is 9.10. The molecule has 98 valence electrons. The molecule has 1 heterocycles. The van der Waals surface area contributed by atoms with E-state index in [1.165, 1.54) is 0 Å². The Kier molecular flexibility index (Phi) is 4.40. The number of piperidine rings is 1. The van der Waals surface area contributed by atoms with Gasteiger partial charge in [0, 0.05) is 35.4 Å². The molecule has 1 fully saturated rings. The molecule has 1 aliphatic rings. The number of Topliss-reactive ketones (excluding diaryl/α,β-unsaturated/α-hetero) is 1. The summed E-state index contributed by atoms with van der Waals surface area (Å²) in [5.41, 5.74) is 1.74. The zero-order valence-corrected chi connectivity index (χ0v) is 12.1. The number of aliphatic hydroxyl groups excluding tert-OH is 1. The number of nitrogens with zero attached hydrogens (tertiary/aromatic N) is 1. The highest BCUT2D eigenvalue weighted by Gasteiger charge is 2.22. The first-order valence-corrected chi connectivity index (χ1v) is 7.07. The Hall–Kier alpha value is -0.870. The van der Waals surface area contributed by atoms with Gasteiger partial charge in [-0.05, 0) is 43.9 Å². The molecule has 0 aromatic heterocycles. The van der Waals surface area contributed by atoms with Gasteiger partial charge in [-0.15, -0.1) is 0 Å². The van der Waals surface area contributed by atoms with Gasteiger partial charge in [-0.1, -0.05) is 15.9 Å². The molecule has 0 spiro atoms. The second-order valence-corrected chi connectivity index (χ2v) is 5.77. The molecule has 0 radical (unpaired) electrons. The van der Waals surface area contributed by atoms with Gasteiger partial charge < -0.3 is 10.0 Å². The predicted molar refractivity (Wildman–Crippen MR) is 76.2 cm³/mol. The van der Waals surface area contributed by atoms with E-state index in [4.69, 9.17) is 0 Å². The van der Waals surface area contributed by atoms with E-state index < -0.39 is 0 Å². The van der Waals surface area contributed by atoms with Crippen LogP contribution in [0.4, 0.5) is 5.69 Å². The number of rotatable bonds is 3. The van der Waals surface area contributed by atoms with Crippen molar-refractivity contribution in [3.8, 4) is 0 Å². The summed E-state index contributed by atoms with van der Waals surface area (Å²) < 4.78 is 0.923. The maximum atomic E-state index is 11.7. The molecule has 2 rings (SSSR count). The highest BCUT2D eigenvalue weighted by Crippen LogP contribution is 2.29. The van der Waals surface area contributed by atoms with E-state index >= 15 is 0 Å². The van der Waals surface area contributed by atoms with Crippen molar-refractivity contribution in [1.82, 2.24) is 0 Å². The van der Waals surface area contributed by atoms with Crippen molar-refractivity contribution in [3.63, 3.8) is 0 Å². The third kappa shape index (κ3) is 2.93. The van der Waals surface area contributed by atoms with Crippen LogP contribution in [-0.4, -0.2) is 30.6 Å². The van der Waals surface area contributed by atoms with Crippen molar-refractivity contribution in [2.24, 2.45) is 5.92 Å². The average Bonchev–Trinajstić information content (AvgIpc) is 2.38. The Balaban J connectivity index is 2.29. The molecule has 0 amide bonds. The lowest BCUT2D eigenvalue weighted by Crippen LogP contribution is -2.37. The standard InChI is InChI=1S/C14H18BrNO2/c1-10(18)13-7-12(15)4-5-14(13)16-6-2-3-11(8-16)9-17/h4-5,7,11,17H,2-3,6,8-9H2,1H3. The Morgan fingerprint density at radius 1 is 1.56 bits per heavy atom. The van der Waals surface area contributed by atoms with Crippen LogP contribution >= 0.6 is 15.9 Å². The van der Waals surface area contributed by atoms with Crippen LogP contribution in [0.15, 0.2) is 22.7 Å². The summed E-state index contributed by atoms with van der Waals surface area (Å²) in [6.45, 7) is 3.61. The normalized spacial score (nSPS) is 19.9. The Bertz CT molecular complexity index is 447. The third-order valence-electron chi connectivity index (χ3n) is 3.46.